The molecule has 0 saturated heterocycles. The van der Waals surface area contributed by atoms with Gasteiger partial charge in [0.25, 0.3) is 0 Å². The van der Waals surface area contributed by atoms with E-state index in [1.54, 1.807) is 0 Å². The third-order valence-electron chi connectivity index (χ3n) is 2.41. The third-order valence-corrected chi connectivity index (χ3v) is 2.41. The van der Waals surface area contributed by atoms with E-state index in [4.69, 9.17) is 0 Å². The van der Waals surface area contributed by atoms with Gasteiger partial charge in [-0.2, -0.15) is 0 Å². The maximum atomic E-state index is 13.3. The Bertz CT molecular complexity index is 569. The molecule has 0 bridgehead atoms. The second-order valence-electron chi connectivity index (χ2n) is 3.71. The molecule has 0 fully saturated rings. The van der Waals surface area contributed by atoms with E-state index in [9.17, 15) is 17.6 Å². The van der Waals surface area contributed by atoms with Crippen molar-refractivity contribution in [1.82, 2.24) is 0 Å². The third kappa shape index (κ3) is 2.80. The summed E-state index contributed by atoms with van der Waals surface area (Å²) in [4.78, 5) is 0. The first-order valence-electron chi connectivity index (χ1n) is 5.19. The minimum absolute atomic E-state index is 0.0630. The van der Waals surface area contributed by atoms with E-state index in [0.29, 0.717) is 0 Å². The molecule has 1 nitrogen and oxygen atoms in total. The fourth-order valence-electron chi connectivity index (χ4n) is 1.49. The molecule has 5 heteroatoms. The number of hydrogen-bond donors (Lipinski definition) is 1. The van der Waals surface area contributed by atoms with E-state index >= 15 is 0 Å². The fraction of sp³-hybridized carbons (Fsp3) is 0.0769. The largest absolute Gasteiger partial charge is 0.378 e. The number of rotatable bonds is 3. The summed E-state index contributed by atoms with van der Waals surface area (Å²) in [6.45, 7) is -0.0630. The molecule has 0 unspecified atom stereocenters. The van der Waals surface area contributed by atoms with E-state index in [2.05, 4.69) is 5.32 Å². The summed E-state index contributed by atoms with van der Waals surface area (Å²) in [5.74, 6) is -2.66. The molecule has 0 radical (unpaired) electrons. The lowest BCUT2D eigenvalue weighted by Crippen LogP contribution is -2.04. The zero-order valence-electron chi connectivity index (χ0n) is 9.18. The number of anilines is 1. The van der Waals surface area contributed by atoms with Crippen LogP contribution in [0.4, 0.5) is 23.2 Å². The molecule has 0 heterocycles. The summed E-state index contributed by atoms with van der Waals surface area (Å²) < 4.78 is 52.1. The van der Waals surface area contributed by atoms with Gasteiger partial charge in [-0.15, -0.1) is 0 Å². The highest BCUT2D eigenvalue weighted by atomic mass is 19.1. The summed E-state index contributed by atoms with van der Waals surface area (Å²) >= 11 is 0. The summed E-state index contributed by atoms with van der Waals surface area (Å²) in [7, 11) is 0. The summed E-state index contributed by atoms with van der Waals surface area (Å²) in [6.07, 6.45) is 0. The van der Waals surface area contributed by atoms with Crippen molar-refractivity contribution in [2.45, 2.75) is 6.54 Å². The Hall–Kier alpha value is -2.04. The molecule has 0 aliphatic carbocycles. The first-order chi connectivity index (χ1) is 8.56. The van der Waals surface area contributed by atoms with Gasteiger partial charge in [0.05, 0.1) is 5.69 Å². The monoisotopic (exact) mass is 255 g/mol. The van der Waals surface area contributed by atoms with Gasteiger partial charge in [-0.05, 0) is 24.3 Å². The van der Waals surface area contributed by atoms with Crippen LogP contribution in [0.5, 0.6) is 0 Å². The number of halogens is 4. The van der Waals surface area contributed by atoms with Gasteiger partial charge in [-0.3, -0.25) is 0 Å². The molecule has 0 spiro atoms. The van der Waals surface area contributed by atoms with Crippen molar-refractivity contribution in [3.8, 4) is 0 Å². The molecule has 2 rings (SSSR count). The van der Waals surface area contributed by atoms with Gasteiger partial charge in [0, 0.05) is 18.2 Å². The second-order valence-corrected chi connectivity index (χ2v) is 3.71. The molecule has 0 amide bonds. The van der Waals surface area contributed by atoms with Crippen LogP contribution >= 0.6 is 0 Å². The van der Waals surface area contributed by atoms with Gasteiger partial charge in [0.2, 0.25) is 0 Å². The SMILES string of the molecule is Fc1ccc(CNc2cc(F)ccc2F)c(F)c1. The first kappa shape index (κ1) is 12.4. The molecular weight excluding hydrogens is 246 g/mol. The van der Waals surface area contributed by atoms with E-state index in [1.165, 1.54) is 6.07 Å². The van der Waals surface area contributed by atoms with Gasteiger partial charge < -0.3 is 5.32 Å². The van der Waals surface area contributed by atoms with Crippen LogP contribution in [0.3, 0.4) is 0 Å². The fourth-order valence-corrected chi connectivity index (χ4v) is 1.49. The molecule has 1 N–H and O–H groups in total. The number of hydrogen-bond acceptors (Lipinski definition) is 1. The molecule has 2 aromatic carbocycles. The van der Waals surface area contributed by atoms with Crippen molar-refractivity contribution in [3.05, 3.63) is 65.2 Å². The Morgan fingerprint density at radius 2 is 1.44 bits per heavy atom. The van der Waals surface area contributed by atoms with Gasteiger partial charge >= 0.3 is 0 Å². The van der Waals surface area contributed by atoms with Crippen LogP contribution < -0.4 is 5.32 Å². The van der Waals surface area contributed by atoms with Crippen LogP contribution in [-0.2, 0) is 6.54 Å². The van der Waals surface area contributed by atoms with Crippen LogP contribution in [0.2, 0.25) is 0 Å². The van der Waals surface area contributed by atoms with Crippen LogP contribution in [0.25, 0.3) is 0 Å². The van der Waals surface area contributed by atoms with Crippen molar-refractivity contribution in [1.29, 1.82) is 0 Å². The van der Waals surface area contributed by atoms with Crippen molar-refractivity contribution in [2.24, 2.45) is 0 Å². The summed E-state index contributed by atoms with van der Waals surface area (Å²) in [5.41, 5.74) is 0.0961. The number of benzene rings is 2. The molecule has 18 heavy (non-hydrogen) atoms. The van der Waals surface area contributed by atoms with Crippen molar-refractivity contribution in [3.63, 3.8) is 0 Å². The van der Waals surface area contributed by atoms with Crippen LogP contribution in [-0.4, -0.2) is 0 Å². The summed E-state index contributed by atoms with van der Waals surface area (Å²) in [5, 5.41) is 2.55. The maximum absolute atomic E-state index is 13.3. The lowest BCUT2D eigenvalue weighted by atomic mass is 10.2. The van der Waals surface area contributed by atoms with Crippen LogP contribution in [0, 0.1) is 23.3 Å². The van der Waals surface area contributed by atoms with Crippen molar-refractivity contribution in [2.75, 3.05) is 5.32 Å². The predicted molar refractivity (Wildman–Crippen MR) is 60.0 cm³/mol. The highest BCUT2D eigenvalue weighted by molar-refractivity contribution is 5.45. The van der Waals surface area contributed by atoms with Crippen molar-refractivity contribution < 1.29 is 17.6 Å². The average molecular weight is 255 g/mol. The first-order valence-corrected chi connectivity index (χ1v) is 5.19. The Balaban J connectivity index is 2.13. The van der Waals surface area contributed by atoms with E-state index in [-0.39, 0.29) is 17.8 Å². The highest BCUT2D eigenvalue weighted by Gasteiger charge is 2.06. The minimum Gasteiger partial charge on any atom is -0.378 e. The lowest BCUT2D eigenvalue weighted by Gasteiger charge is -2.08. The normalized spacial score (nSPS) is 10.4. The topological polar surface area (TPSA) is 12.0 Å². The standard InChI is InChI=1S/C13H9F4N/c14-9-2-1-8(12(17)5-9)7-18-13-6-10(15)3-4-11(13)16/h1-6,18H,7H2. The molecule has 0 aromatic heterocycles. The average Bonchev–Trinajstić information content (AvgIpc) is 2.32. The van der Waals surface area contributed by atoms with Crippen LogP contribution in [0.15, 0.2) is 36.4 Å². The van der Waals surface area contributed by atoms with E-state index < -0.39 is 23.3 Å². The van der Waals surface area contributed by atoms with Gasteiger partial charge in [-0.25, -0.2) is 17.6 Å². The molecule has 2 aromatic rings. The molecule has 0 aliphatic heterocycles. The Morgan fingerprint density at radius 3 is 2.17 bits per heavy atom. The van der Waals surface area contributed by atoms with E-state index in [1.807, 2.05) is 0 Å². The highest BCUT2D eigenvalue weighted by Crippen LogP contribution is 2.17. The number of nitrogens with one attached hydrogen (secondary N) is 1. The Kier molecular flexibility index (Phi) is 3.50. The minimum atomic E-state index is -0.737. The molecule has 0 aliphatic rings. The lowest BCUT2D eigenvalue weighted by molar-refractivity contribution is 0.573. The van der Waals surface area contributed by atoms with Crippen molar-refractivity contribution >= 4 is 5.69 Å². The summed E-state index contributed by atoms with van der Waals surface area (Å²) in [6, 6.07) is 6.00. The van der Waals surface area contributed by atoms with E-state index in [0.717, 1.165) is 30.3 Å². The Morgan fingerprint density at radius 1 is 0.778 bits per heavy atom. The smallest absolute Gasteiger partial charge is 0.146 e. The van der Waals surface area contributed by atoms with Gasteiger partial charge in [0.1, 0.15) is 23.3 Å². The van der Waals surface area contributed by atoms with Gasteiger partial charge in [-0.1, -0.05) is 6.07 Å². The molecule has 0 atom stereocenters. The zero-order valence-corrected chi connectivity index (χ0v) is 9.18. The molecule has 94 valence electrons. The zero-order chi connectivity index (χ0) is 13.1. The Labute approximate surface area is 101 Å². The quantitative estimate of drug-likeness (QED) is 0.821. The molecule has 0 saturated carbocycles. The maximum Gasteiger partial charge on any atom is 0.146 e. The second kappa shape index (κ2) is 5.08. The van der Waals surface area contributed by atoms with Gasteiger partial charge in [0.15, 0.2) is 0 Å². The van der Waals surface area contributed by atoms with Crippen LogP contribution in [0.1, 0.15) is 5.56 Å². The molecular formula is C13H9F4N. The predicted octanol–water partition coefficient (Wildman–Crippen LogP) is 3.86.